The molecule has 3 aromatic carbocycles. The summed E-state index contributed by atoms with van der Waals surface area (Å²) in [6.07, 6.45) is 1.48. The number of imide groups is 1. The molecule has 4 rings (SSSR count). The fourth-order valence-corrected chi connectivity index (χ4v) is 4.47. The number of hydrogen-bond donors (Lipinski definition) is 2. The maximum Gasteiger partial charge on any atom is 0.329 e. The number of anilines is 1. The molecule has 0 saturated carbocycles. The maximum atomic E-state index is 12.9. The van der Waals surface area contributed by atoms with E-state index in [9.17, 15) is 24.5 Å². The van der Waals surface area contributed by atoms with Crippen molar-refractivity contribution in [3.63, 3.8) is 0 Å². The Morgan fingerprint density at radius 3 is 2.55 bits per heavy atom. The summed E-state index contributed by atoms with van der Waals surface area (Å²) in [5, 5.41) is 16.1. The van der Waals surface area contributed by atoms with E-state index in [1.54, 1.807) is 49.4 Å². The molecule has 1 fully saturated rings. The molecule has 4 amide bonds. The van der Waals surface area contributed by atoms with E-state index in [0.717, 1.165) is 16.0 Å². The number of non-ortho nitro benzene ring substituents is 1. The SMILES string of the molecule is CCOc1cc(/C=C2/NC(=O)N(CC(=O)Nc3cccc(C)c3)C2=O)cc(Br)c1OCc1ccc([N+](=O)[O-])cc1. The predicted octanol–water partition coefficient (Wildman–Crippen LogP) is 5.17. The number of amides is 4. The number of urea groups is 1. The lowest BCUT2D eigenvalue weighted by Crippen LogP contribution is -2.38. The summed E-state index contributed by atoms with van der Waals surface area (Å²) in [5.74, 6) is -0.362. The largest absolute Gasteiger partial charge is 0.490 e. The average molecular weight is 609 g/mol. The van der Waals surface area contributed by atoms with E-state index < -0.39 is 29.3 Å². The second-order valence-electron chi connectivity index (χ2n) is 8.77. The third-order valence-electron chi connectivity index (χ3n) is 5.74. The van der Waals surface area contributed by atoms with Crippen molar-refractivity contribution in [3.8, 4) is 11.5 Å². The lowest BCUT2D eigenvalue weighted by molar-refractivity contribution is -0.384. The fraction of sp³-hybridized carbons (Fsp3) is 0.179. The molecule has 0 unspecified atom stereocenters. The van der Waals surface area contributed by atoms with Gasteiger partial charge < -0.3 is 20.1 Å². The Kier molecular flexibility index (Phi) is 8.80. The molecule has 0 atom stereocenters. The van der Waals surface area contributed by atoms with Crippen LogP contribution < -0.4 is 20.1 Å². The number of nitro benzene ring substituents is 1. The van der Waals surface area contributed by atoms with Gasteiger partial charge in [0.05, 0.1) is 16.0 Å². The van der Waals surface area contributed by atoms with Gasteiger partial charge in [0, 0.05) is 17.8 Å². The third kappa shape index (κ3) is 6.83. The summed E-state index contributed by atoms with van der Waals surface area (Å²) in [4.78, 5) is 49.1. The Morgan fingerprint density at radius 2 is 1.88 bits per heavy atom. The topological polar surface area (TPSA) is 140 Å². The molecule has 1 aliphatic heterocycles. The summed E-state index contributed by atoms with van der Waals surface area (Å²) in [5.41, 5.74) is 2.76. The summed E-state index contributed by atoms with van der Waals surface area (Å²) in [6.45, 7) is 3.71. The summed E-state index contributed by atoms with van der Waals surface area (Å²) in [6, 6.07) is 15.8. The molecule has 40 heavy (non-hydrogen) atoms. The predicted molar refractivity (Wildman–Crippen MR) is 151 cm³/mol. The van der Waals surface area contributed by atoms with E-state index in [1.807, 2.05) is 13.0 Å². The van der Waals surface area contributed by atoms with E-state index in [1.165, 1.54) is 18.2 Å². The maximum absolute atomic E-state index is 12.9. The normalized spacial score (nSPS) is 13.8. The molecule has 0 bridgehead atoms. The van der Waals surface area contributed by atoms with Gasteiger partial charge in [0.25, 0.3) is 11.6 Å². The van der Waals surface area contributed by atoms with Crippen molar-refractivity contribution in [3.05, 3.63) is 97.6 Å². The second-order valence-corrected chi connectivity index (χ2v) is 9.63. The molecule has 1 aliphatic rings. The van der Waals surface area contributed by atoms with Crippen LogP contribution in [0.4, 0.5) is 16.2 Å². The van der Waals surface area contributed by atoms with Crippen molar-refractivity contribution in [2.24, 2.45) is 0 Å². The Hall–Kier alpha value is -4.71. The molecule has 1 heterocycles. The number of ether oxygens (including phenoxy) is 2. The number of carbonyl (C=O) groups is 3. The van der Waals surface area contributed by atoms with Gasteiger partial charge in [0.1, 0.15) is 18.8 Å². The minimum Gasteiger partial charge on any atom is -0.490 e. The fourth-order valence-electron chi connectivity index (χ4n) is 3.89. The number of nitrogens with zero attached hydrogens (tertiary/aromatic N) is 2. The number of nitrogens with one attached hydrogen (secondary N) is 2. The van der Waals surface area contributed by atoms with Crippen molar-refractivity contribution in [2.75, 3.05) is 18.5 Å². The smallest absolute Gasteiger partial charge is 0.329 e. The van der Waals surface area contributed by atoms with E-state index >= 15 is 0 Å². The van der Waals surface area contributed by atoms with Gasteiger partial charge in [-0.3, -0.25) is 19.7 Å². The number of hydrogen-bond acceptors (Lipinski definition) is 7. The van der Waals surface area contributed by atoms with Crippen LogP contribution in [0, 0.1) is 17.0 Å². The van der Waals surface area contributed by atoms with Crippen LogP contribution in [0.1, 0.15) is 23.6 Å². The van der Waals surface area contributed by atoms with Gasteiger partial charge in [-0.15, -0.1) is 0 Å². The number of nitro groups is 1. The van der Waals surface area contributed by atoms with Crippen LogP contribution in [0.25, 0.3) is 6.08 Å². The summed E-state index contributed by atoms with van der Waals surface area (Å²) in [7, 11) is 0. The van der Waals surface area contributed by atoms with Gasteiger partial charge in [0.2, 0.25) is 5.91 Å². The number of benzene rings is 3. The van der Waals surface area contributed by atoms with Crippen molar-refractivity contribution in [1.82, 2.24) is 10.2 Å². The monoisotopic (exact) mass is 608 g/mol. The van der Waals surface area contributed by atoms with Gasteiger partial charge in [-0.05, 0) is 88.9 Å². The lowest BCUT2D eigenvalue weighted by atomic mass is 10.1. The van der Waals surface area contributed by atoms with E-state index in [4.69, 9.17) is 9.47 Å². The van der Waals surface area contributed by atoms with Gasteiger partial charge in [0.15, 0.2) is 11.5 Å². The number of rotatable bonds is 10. The molecule has 0 radical (unpaired) electrons. The molecule has 0 aromatic heterocycles. The van der Waals surface area contributed by atoms with Gasteiger partial charge in [-0.1, -0.05) is 12.1 Å². The highest BCUT2D eigenvalue weighted by Gasteiger charge is 2.35. The van der Waals surface area contributed by atoms with Gasteiger partial charge in [-0.2, -0.15) is 0 Å². The van der Waals surface area contributed by atoms with Crippen LogP contribution in [-0.2, 0) is 16.2 Å². The van der Waals surface area contributed by atoms with E-state index in [-0.39, 0.29) is 18.0 Å². The van der Waals surface area contributed by atoms with Crippen molar-refractivity contribution < 1.29 is 28.8 Å². The zero-order chi connectivity index (χ0) is 28.8. The van der Waals surface area contributed by atoms with Crippen LogP contribution in [0.2, 0.25) is 0 Å². The molecule has 206 valence electrons. The number of halogens is 1. The molecule has 1 saturated heterocycles. The van der Waals surface area contributed by atoms with E-state index in [0.29, 0.717) is 33.8 Å². The number of carbonyl (C=O) groups excluding carboxylic acids is 3. The minimum absolute atomic E-state index is 0.00209. The van der Waals surface area contributed by atoms with Crippen LogP contribution in [0.3, 0.4) is 0 Å². The molecule has 0 aliphatic carbocycles. The molecule has 12 heteroatoms. The van der Waals surface area contributed by atoms with Crippen molar-refractivity contribution >= 4 is 51.2 Å². The molecule has 0 spiro atoms. The Labute approximate surface area is 238 Å². The zero-order valence-corrected chi connectivity index (χ0v) is 23.2. The first-order chi connectivity index (χ1) is 19.1. The van der Waals surface area contributed by atoms with Crippen LogP contribution in [0.15, 0.2) is 70.8 Å². The second kappa shape index (κ2) is 12.4. The highest BCUT2D eigenvalue weighted by Crippen LogP contribution is 2.38. The minimum atomic E-state index is -0.706. The zero-order valence-electron chi connectivity index (χ0n) is 21.6. The summed E-state index contributed by atoms with van der Waals surface area (Å²) >= 11 is 3.47. The molecular formula is C28H25BrN4O7. The van der Waals surface area contributed by atoms with Crippen molar-refractivity contribution in [2.45, 2.75) is 20.5 Å². The Morgan fingerprint density at radius 1 is 1.12 bits per heavy atom. The Bertz CT molecular complexity index is 1500. The van der Waals surface area contributed by atoms with Crippen LogP contribution >= 0.6 is 15.9 Å². The van der Waals surface area contributed by atoms with E-state index in [2.05, 4.69) is 26.6 Å². The first-order valence-electron chi connectivity index (χ1n) is 12.2. The van der Waals surface area contributed by atoms with Crippen LogP contribution in [0.5, 0.6) is 11.5 Å². The quantitative estimate of drug-likeness (QED) is 0.140. The molecule has 3 aromatic rings. The standard InChI is InChI=1S/C28H25BrN4O7/c1-3-39-24-14-19(12-22(29)26(24)40-16-18-7-9-21(10-8-18)33(37)38)13-23-27(35)32(28(36)31-23)15-25(34)30-20-6-4-5-17(2)11-20/h4-14H,3,15-16H2,1-2H3,(H,30,34)(H,31,36)/b23-13+. The summed E-state index contributed by atoms with van der Waals surface area (Å²) < 4.78 is 12.2. The molecular weight excluding hydrogens is 584 g/mol. The van der Waals surface area contributed by atoms with Gasteiger partial charge >= 0.3 is 6.03 Å². The third-order valence-corrected chi connectivity index (χ3v) is 6.33. The lowest BCUT2D eigenvalue weighted by Gasteiger charge is -2.15. The Balaban J connectivity index is 1.48. The average Bonchev–Trinajstić information content (AvgIpc) is 3.15. The highest BCUT2D eigenvalue weighted by atomic mass is 79.9. The first kappa shape index (κ1) is 28.3. The van der Waals surface area contributed by atoms with Gasteiger partial charge in [-0.25, -0.2) is 9.69 Å². The van der Waals surface area contributed by atoms with Crippen molar-refractivity contribution in [1.29, 1.82) is 0 Å². The van der Waals surface area contributed by atoms with Crippen LogP contribution in [-0.4, -0.2) is 40.8 Å². The highest BCUT2D eigenvalue weighted by molar-refractivity contribution is 9.10. The number of aryl methyl sites for hydroxylation is 1. The molecule has 2 N–H and O–H groups in total. The first-order valence-corrected chi connectivity index (χ1v) is 13.0. The molecule has 11 nitrogen and oxygen atoms in total.